The number of H-pyrrole nitrogens is 2. The second-order valence-corrected chi connectivity index (χ2v) is 7.65. The first kappa shape index (κ1) is 19.7. The fourth-order valence-electron chi connectivity index (χ4n) is 3.68. The molecule has 0 atom stereocenters. The van der Waals surface area contributed by atoms with Crippen LogP contribution >= 0.6 is 0 Å². The minimum absolute atomic E-state index is 0.283. The van der Waals surface area contributed by atoms with E-state index in [1.165, 1.54) is 6.07 Å². The van der Waals surface area contributed by atoms with E-state index in [0.29, 0.717) is 22.6 Å². The average Bonchev–Trinajstić information content (AvgIpc) is 3.50. The Balaban J connectivity index is 1.56. The number of fused-ring (bicyclic) bond motifs is 1. The van der Waals surface area contributed by atoms with Gasteiger partial charge in [-0.1, -0.05) is 43.0 Å². The van der Waals surface area contributed by atoms with Crippen LogP contribution in [0.3, 0.4) is 0 Å². The van der Waals surface area contributed by atoms with Crippen LogP contribution in [0.25, 0.3) is 51.9 Å². The van der Waals surface area contributed by atoms with Crippen LogP contribution in [-0.4, -0.2) is 29.9 Å². The second kappa shape index (κ2) is 7.77. The quantitative estimate of drug-likeness (QED) is 0.461. The van der Waals surface area contributed by atoms with E-state index in [1.54, 1.807) is 16.8 Å². The molecule has 32 heavy (non-hydrogen) atoms. The molecule has 0 aliphatic carbocycles. The summed E-state index contributed by atoms with van der Waals surface area (Å²) < 4.78 is 16.2. The molecular weight excluding hydrogens is 403 g/mol. The number of nitrogens with one attached hydrogen (secondary N) is 2. The Bertz CT molecular complexity index is 1580. The molecule has 0 unspecified atom stereocenters. The maximum absolute atomic E-state index is 14.4. The minimum atomic E-state index is -0.283. The van der Waals surface area contributed by atoms with Crippen LogP contribution in [-0.2, 0) is 7.05 Å². The molecule has 158 valence electrons. The number of halogens is 1. The molecule has 7 heteroatoms. The summed E-state index contributed by atoms with van der Waals surface area (Å²) >= 11 is 0. The van der Waals surface area contributed by atoms with Gasteiger partial charge in [-0.3, -0.25) is 9.78 Å². The highest BCUT2D eigenvalue weighted by molar-refractivity contribution is 5.93. The average molecular weight is 424 g/mol. The number of hydrogen-bond donors (Lipinski definition) is 2. The fraction of sp³-hybridized carbons (Fsp3) is 0.0800. The summed E-state index contributed by atoms with van der Waals surface area (Å²) in [7, 11) is 1.89. The molecule has 0 saturated carbocycles. The van der Waals surface area contributed by atoms with E-state index in [-0.39, 0.29) is 5.82 Å². The number of hydrogen-bond acceptors (Lipinski definition) is 3. The summed E-state index contributed by atoms with van der Waals surface area (Å²) in [5.41, 5.74) is 5.48. The van der Waals surface area contributed by atoms with Gasteiger partial charge < -0.3 is 4.98 Å². The standard InChI is InChI=1S/C25H21FN6/c1-15(17-13-27-32(3)14-17)11-12-21-16(2)23(31-30-21)25-28-22-10-6-8-19(24(22)29-25)18-7-4-5-9-20(18)26/h4-14,30H,2H2,1,3H3,(H,28,29)/b15-11+,21-12+. The van der Waals surface area contributed by atoms with Crippen molar-refractivity contribution in [2.24, 2.45) is 7.05 Å². The van der Waals surface area contributed by atoms with Gasteiger partial charge in [0, 0.05) is 35.2 Å². The van der Waals surface area contributed by atoms with Crippen molar-refractivity contribution in [3.63, 3.8) is 0 Å². The van der Waals surface area contributed by atoms with Crippen LogP contribution in [0.1, 0.15) is 12.5 Å². The third-order valence-electron chi connectivity index (χ3n) is 5.46. The molecular formula is C25H21FN6. The lowest BCUT2D eigenvalue weighted by molar-refractivity contribution is 0.631. The smallest absolute Gasteiger partial charge is 0.159 e. The Morgan fingerprint density at radius 3 is 2.72 bits per heavy atom. The molecule has 0 fully saturated rings. The van der Waals surface area contributed by atoms with Crippen molar-refractivity contribution in [1.82, 2.24) is 29.9 Å². The van der Waals surface area contributed by atoms with E-state index in [9.17, 15) is 4.39 Å². The van der Waals surface area contributed by atoms with Gasteiger partial charge in [-0.2, -0.15) is 10.2 Å². The van der Waals surface area contributed by atoms with E-state index in [4.69, 9.17) is 4.98 Å². The molecule has 0 amide bonds. The van der Waals surface area contributed by atoms with Gasteiger partial charge >= 0.3 is 0 Å². The summed E-state index contributed by atoms with van der Waals surface area (Å²) in [4.78, 5) is 8.03. The lowest BCUT2D eigenvalue weighted by Gasteiger charge is -2.03. The summed E-state index contributed by atoms with van der Waals surface area (Å²) in [6, 6.07) is 12.4. The van der Waals surface area contributed by atoms with Crippen LogP contribution < -0.4 is 10.6 Å². The zero-order chi connectivity index (χ0) is 22.2. The Labute approximate surface area is 183 Å². The number of allylic oxidation sites excluding steroid dienone is 2. The number of aromatic nitrogens is 6. The Morgan fingerprint density at radius 1 is 1.12 bits per heavy atom. The van der Waals surface area contributed by atoms with Crippen molar-refractivity contribution in [3.05, 3.63) is 82.9 Å². The normalized spacial score (nSPS) is 12.7. The zero-order valence-corrected chi connectivity index (χ0v) is 17.7. The second-order valence-electron chi connectivity index (χ2n) is 7.65. The van der Waals surface area contributed by atoms with Crippen LogP contribution in [0.4, 0.5) is 4.39 Å². The molecule has 0 spiro atoms. The first-order valence-electron chi connectivity index (χ1n) is 10.2. The number of aryl methyl sites for hydroxylation is 1. The van der Waals surface area contributed by atoms with Crippen LogP contribution in [0, 0.1) is 5.82 Å². The zero-order valence-electron chi connectivity index (χ0n) is 17.7. The van der Waals surface area contributed by atoms with Crippen molar-refractivity contribution in [2.75, 3.05) is 0 Å². The van der Waals surface area contributed by atoms with E-state index < -0.39 is 0 Å². The highest BCUT2D eigenvalue weighted by Crippen LogP contribution is 2.30. The Hall–Kier alpha value is -4.26. The number of para-hydroxylation sites is 1. The molecule has 0 aliphatic rings. The van der Waals surface area contributed by atoms with Crippen LogP contribution in [0.5, 0.6) is 0 Å². The van der Waals surface area contributed by atoms with Gasteiger partial charge in [0.25, 0.3) is 0 Å². The number of imidazole rings is 1. The maximum atomic E-state index is 14.4. The molecule has 5 aromatic rings. The van der Waals surface area contributed by atoms with E-state index in [2.05, 4.69) is 26.9 Å². The maximum Gasteiger partial charge on any atom is 0.159 e. The number of nitrogens with zero attached hydrogens (tertiary/aromatic N) is 4. The third kappa shape index (κ3) is 3.43. The molecule has 0 saturated heterocycles. The first-order valence-corrected chi connectivity index (χ1v) is 10.2. The predicted molar refractivity (Wildman–Crippen MR) is 125 cm³/mol. The molecule has 0 bridgehead atoms. The van der Waals surface area contributed by atoms with E-state index in [1.807, 2.05) is 62.8 Å². The Morgan fingerprint density at radius 2 is 1.94 bits per heavy atom. The molecule has 0 radical (unpaired) electrons. The molecule has 3 heterocycles. The lowest BCUT2D eigenvalue weighted by Crippen LogP contribution is -2.21. The Kier molecular flexibility index (Phi) is 4.78. The topological polar surface area (TPSA) is 75.2 Å². The summed E-state index contributed by atoms with van der Waals surface area (Å²) in [6.07, 6.45) is 7.72. The van der Waals surface area contributed by atoms with Gasteiger partial charge in [-0.15, -0.1) is 0 Å². The van der Waals surface area contributed by atoms with Gasteiger partial charge in [0.1, 0.15) is 11.5 Å². The summed E-state index contributed by atoms with van der Waals surface area (Å²) in [6.45, 7) is 6.21. The fourth-order valence-corrected chi connectivity index (χ4v) is 3.68. The molecule has 2 N–H and O–H groups in total. The van der Waals surface area contributed by atoms with Gasteiger partial charge in [0.15, 0.2) is 5.82 Å². The number of aromatic amines is 2. The highest BCUT2D eigenvalue weighted by atomic mass is 19.1. The van der Waals surface area contributed by atoms with Crippen molar-refractivity contribution in [1.29, 1.82) is 0 Å². The number of rotatable bonds is 4. The van der Waals surface area contributed by atoms with Gasteiger partial charge in [-0.05, 0) is 30.7 Å². The molecule has 0 aliphatic heterocycles. The van der Waals surface area contributed by atoms with Gasteiger partial charge in [0.05, 0.1) is 22.6 Å². The van der Waals surface area contributed by atoms with Crippen molar-refractivity contribution in [3.8, 4) is 22.6 Å². The molecule has 3 aromatic heterocycles. The molecule has 2 aromatic carbocycles. The van der Waals surface area contributed by atoms with Gasteiger partial charge in [-0.25, -0.2) is 9.37 Å². The lowest BCUT2D eigenvalue weighted by atomic mass is 10.0. The summed E-state index contributed by atoms with van der Waals surface area (Å²) in [5, 5.41) is 13.2. The van der Waals surface area contributed by atoms with Crippen molar-refractivity contribution in [2.45, 2.75) is 6.92 Å². The molecule has 6 nitrogen and oxygen atoms in total. The summed E-state index contributed by atoms with van der Waals surface area (Å²) in [5.74, 6) is 0.299. The van der Waals surface area contributed by atoms with E-state index in [0.717, 1.165) is 32.8 Å². The van der Waals surface area contributed by atoms with Crippen LogP contribution in [0.2, 0.25) is 0 Å². The third-order valence-corrected chi connectivity index (χ3v) is 5.46. The highest BCUT2D eigenvalue weighted by Gasteiger charge is 2.14. The SMILES string of the molecule is C=c1c(-c2nc3c(-c4ccccc4F)cccc3[nH]2)n[nH]/c1=C/C=C(\C)c1cnn(C)c1. The van der Waals surface area contributed by atoms with Crippen LogP contribution in [0.15, 0.2) is 60.9 Å². The molecule has 5 rings (SSSR count). The van der Waals surface area contributed by atoms with Crippen molar-refractivity contribution >= 4 is 29.3 Å². The van der Waals surface area contributed by atoms with Gasteiger partial charge in [0.2, 0.25) is 0 Å². The largest absolute Gasteiger partial charge is 0.337 e. The monoisotopic (exact) mass is 424 g/mol. The predicted octanol–water partition coefficient (Wildman–Crippen LogP) is 3.79. The van der Waals surface area contributed by atoms with E-state index >= 15 is 0 Å². The van der Waals surface area contributed by atoms with Crippen molar-refractivity contribution < 1.29 is 4.39 Å². The first-order chi connectivity index (χ1) is 15.5. The minimum Gasteiger partial charge on any atom is -0.337 e. The number of benzene rings is 2.